The van der Waals surface area contributed by atoms with Crippen LogP contribution in [0.5, 0.6) is 0 Å². The molecule has 3 aromatic rings. The molecule has 2 fully saturated rings. The lowest BCUT2D eigenvalue weighted by Gasteiger charge is -2.57. The minimum atomic E-state index is 0.0725. The number of hydrogen-bond acceptors (Lipinski definition) is 5. The summed E-state index contributed by atoms with van der Waals surface area (Å²) >= 11 is 0. The van der Waals surface area contributed by atoms with Gasteiger partial charge in [-0.05, 0) is 23.3 Å². The second-order valence-electron chi connectivity index (χ2n) is 9.00. The predicted octanol–water partition coefficient (Wildman–Crippen LogP) is 2.75. The third kappa shape index (κ3) is 3.18. The summed E-state index contributed by atoms with van der Waals surface area (Å²) < 4.78 is 0. The van der Waals surface area contributed by atoms with E-state index in [0.717, 1.165) is 66.4 Å². The van der Waals surface area contributed by atoms with Gasteiger partial charge in [0.05, 0.1) is 12.2 Å². The Hall–Kier alpha value is -3.25. The minimum Gasteiger partial charge on any atom is -0.355 e. The Kier molecular flexibility index (Phi) is 4.28. The molecule has 6 nitrogen and oxygen atoms in total. The van der Waals surface area contributed by atoms with Gasteiger partial charge in [0.1, 0.15) is 12.1 Å². The molecule has 0 bridgehead atoms. The molecule has 1 N–H and O–H groups in total. The molecule has 6 heteroatoms. The normalized spacial score (nSPS) is 18.8. The molecule has 0 atom stereocenters. The van der Waals surface area contributed by atoms with Gasteiger partial charge < -0.3 is 15.1 Å². The third-order valence-corrected chi connectivity index (χ3v) is 6.86. The summed E-state index contributed by atoms with van der Waals surface area (Å²) in [7, 11) is 0. The van der Waals surface area contributed by atoms with Crippen molar-refractivity contribution < 1.29 is 4.79 Å². The standard InChI is InChI=1S/C25H25N5O/c31-24(20-8-6-19(7-9-20)18-4-2-1-3-5-18)29-11-10-22-21(12-29)23(28-17-27-22)30-15-25(16-30)13-26-14-25/h1-9,17,26H,10-16H2. The molecule has 6 rings (SSSR count). The number of rotatable bonds is 3. The third-order valence-electron chi connectivity index (χ3n) is 6.86. The van der Waals surface area contributed by atoms with Gasteiger partial charge in [-0.3, -0.25) is 4.79 Å². The van der Waals surface area contributed by atoms with E-state index >= 15 is 0 Å². The predicted molar refractivity (Wildman–Crippen MR) is 120 cm³/mol. The first kappa shape index (κ1) is 18.5. The van der Waals surface area contributed by atoms with Crippen LogP contribution in [0.2, 0.25) is 0 Å². The van der Waals surface area contributed by atoms with Crippen LogP contribution in [0, 0.1) is 5.41 Å². The van der Waals surface area contributed by atoms with Crippen LogP contribution in [0.3, 0.4) is 0 Å². The highest BCUT2D eigenvalue weighted by Crippen LogP contribution is 2.39. The van der Waals surface area contributed by atoms with E-state index < -0.39 is 0 Å². The summed E-state index contributed by atoms with van der Waals surface area (Å²) in [5, 5.41) is 3.38. The SMILES string of the molecule is O=C(c1ccc(-c2ccccc2)cc1)N1CCc2ncnc(N3CC4(CNC4)C3)c2C1. The second-order valence-corrected chi connectivity index (χ2v) is 9.00. The zero-order valence-electron chi connectivity index (χ0n) is 17.4. The van der Waals surface area contributed by atoms with Crippen LogP contribution in [-0.4, -0.2) is 53.5 Å². The summed E-state index contributed by atoms with van der Waals surface area (Å²) in [5.41, 5.74) is 5.64. The maximum Gasteiger partial charge on any atom is 0.254 e. The molecule has 1 amide bonds. The van der Waals surface area contributed by atoms with Crippen molar-refractivity contribution >= 4 is 11.7 Å². The average molecular weight is 412 g/mol. The summed E-state index contributed by atoms with van der Waals surface area (Å²) in [5.74, 6) is 1.09. The Morgan fingerprint density at radius 2 is 1.68 bits per heavy atom. The molecule has 156 valence electrons. The van der Waals surface area contributed by atoms with Crippen LogP contribution in [0.25, 0.3) is 11.1 Å². The summed E-state index contributed by atoms with van der Waals surface area (Å²) in [6.07, 6.45) is 2.46. The fourth-order valence-electron chi connectivity index (χ4n) is 5.01. The van der Waals surface area contributed by atoms with Crippen molar-refractivity contribution in [3.63, 3.8) is 0 Å². The van der Waals surface area contributed by atoms with Gasteiger partial charge in [-0.2, -0.15) is 0 Å². The van der Waals surface area contributed by atoms with Gasteiger partial charge in [-0.15, -0.1) is 0 Å². The zero-order valence-corrected chi connectivity index (χ0v) is 17.4. The molecule has 2 aromatic carbocycles. The molecule has 0 unspecified atom stereocenters. The lowest BCUT2D eigenvalue weighted by atomic mass is 9.74. The van der Waals surface area contributed by atoms with Crippen LogP contribution < -0.4 is 10.2 Å². The quantitative estimate of drug-likeness (QED) is 0.718. The van der Waals surface area contributed by atoms with Crippen LogP contribution >= 0.6 is 0 Å². The number of hydrogen-bond donors (Lipinski definition) is 1. The Morgan fingerprint density at radius 1 is 0.935 bits per heavy atom. The number of anilines is 1. The van der Waals surface area contributed by atoms with Gasteiger partial charge >= 0.3 is 0 Å². The maximum atomic E-state index is 13.2. The first-order valence-corrected chi connectivity index (χ1v) is 10.9. The number of carbonyl (C=O) groups excluding carboxylic acids is 1. The highest BCUT2D eigenvalue weighted by molar-refractivity contribution is 5.95. The van der Waals surface area contributed by atoms with E-state index in [1.54, 1.807) is 6.33 Å². The molecular formula is C25H25N5O. The molecule has 1 spiro atoms. The lowest BCUT2D eigenvalue weighted by Crippen LogP contribution is -2.71. The van der Waals surface area contributed by atoms with Gasteiger partial charge in [0.25, 0.3) is 5.91 Å². The summed E-state index contributed by atoms with van der Waals surface area (Å²) in [6, 6.07) is 18.2. The highest BCUT2D eigenvalue weighted by atomic mass is 16.2. The minimum absolute atomic E-state index is 0.0725. The Bertz CT molecular complexity index is 1120. The van der Waals surface area contributed by atoms with Gasteiger partial charge in [0, 0.05) is 55.7 Å². The van der Waals surface area contributed by atoms with Crippen molar-refractivity contribution in [2.24, 2.45) is 5.41 Å². The van der Waals surface area contributed by atoms with Crippen molar-refractivity contribution in [1.82, 2.24) is 20.2 Å². The monoisotopic (exact) mass is 411 g/mol. The van der Waals surface area contributed by atoms with Crippen LogP contribution in [0.1, 0.15) is 21.6 Å². The number of nitrogens with one attached hydrogen (secondary N) is 1. The van der Waals surface area contributed by atoms with Crippen molar-refractivity contribution in [1.29, 1.82) is 0 Å². The van der Waals surface area contributed by atoms with Gasteiger partial charge in [-0.25, -0.2) is 9.97 Å². The van der Waals surface area contributed by atoms with Crippen molar-refractivity contribution in [2.75, 3.05) is 37.6 Å². The molecule has 0 radical (unpaired) electrons. The van der Waals surface area contributed by atoms with Crippen molar-refractivity contribution in [2.45, 2.75) is 13.0 Å². The number of amides is 1. The first-order chi connectivity index (χ1) is 15.2. The largest absolute Gasteiger partial charge is 0.355 e. The second kappa shape index (κ2) is 7.17. The zero-order chi connectivity index (χ0) is 20.8. The number of fused-ring (bicyclic) bond motifs is 1. The van der Waals surface area contributed by atoms with E-state index in [1.165, 1.54) is 0 Å². The van der Waals surface area contributed by atoms with Crippen molar-refractivity contribution in [3.8, 4) is 11.1 Å². The van der Waals surface area contributed by atoms with Crippen LogP contribution in [0.4, 0.5) is 5.82 Å². The van der Waals surface area contributed by atoms with Gasteiger partial charge in [0.2, 0.25) is 0 Å². The smallest absolute Gasteiger partial charge is 0.254 e. The van der Waals surface area contributed by atoms with E-state index in [9.17, 15) is 4.79 Å². The lowest BCUT2D eigenvalue weighted by molar-refractivity contribution is 0.0732. The van der Waals surface area contributed by atoms with Crippen LogP contribution in [-0.2, 0) is 13.0 Å². The topological polar surface area (TPSA) is 61.4 Å². The van der Waals surface area contributed by atoms with E-state index in [0.29, 0.717) is 18.5 Å². The van der Waals surface area contributed by atoms with E-state index in [-0.39, 0.29) is 5.91 Å². The van der Waals surface area contributed by atoms with E-state index in [1.807, 2.05) is 47.4 Å². The Labute approximate surface area is 181 Å². The van der Waals surface area contributed by atoms with Crippen molar-refractivity contribution in [3.05, 3.63) is 77.7 Å². The average Bonchev–Trinajstić information content (AvgIpc) is 2.77. The molecular weight excluding hydrogens is 386 g/mol. The number of benzene rings is 2. The molecule has 2 saturated heterocycles. The number of carbonyl (C=O) groups is 1. The first-order valence-electron chi connectivity index (χ1n) is 10.9. The van der Waals surface area contributed by atoms with Gasteiger partial charge in [0.15, 0.2) is 0 Å². The number of nitrogens with zero attached hydrogens (tertiary/aromatic N) is 4. The molecule has 0 saturated carbocycles. The van der Waals surface area contributed by atoms with Gasteiger partial charge in [-0.1, -0.05) is 42.5 Å². The molecule has 4 heterocycles. The Morgan fingerprint density at radius 3 is 2.39 bits per heavy atom. The summed E-state index contributed by atoms with van der Waals surface area (Å²) in [4.78, 5) is 26.7. The molecule has 3 aliphatic heterocycles. The van der Waals surface area contributed by atoms with Crippen LogP contribution in [0.15, 0.2) is 60.9 Å². The van der Waals surface area contributed by atoms with E-state index in [2.05, 4.69) is 32.3 Å². The highest BCUT2D eigenvalue weighted by Gasteiger charge is 2.48. The van der Waals surface area contributed by atoms with E-state index in [4.69, 9.17) is 0 Å². The fraction of sp³-hybridized carbons (Fsp3) is 0.320. The molecule has 0 aliphatic carbocycles. The molecule has 3 aliphatic rings. The summed E-state index contributed by atoms with van der Waals surface area (Å²) in [6.45, 7) is 5.54. The number of aromatic nitrogens is 2. The maximum absolute atomic E-state index is 13.2. The molecule has 31 heavy (non-hydrogen) atoms. The Balaban J connectivity index is 1.20. The fourth-order valence-corrected chi connectivity index (χ4v) is 5.01. The molecule has 1 aromatic heterocycles.